The number of hydrogen-bond acceptors (Lipinski definition) is 3. The second-order valence-corrected chi connectivity index (χ2v) is 6.47. The van der Waals surface area contributed by atoms with Crippen molar-refractivity contribution in [3.8, 4) is 0 Å². The largest absolute Gasteiger partial charge is 0.326 e. The third-order valence-corrected chi connectivity index (χ3v) is 4.56. The average Bonchev–Trinajstić information content (AvgIpc) is 3.19. The number of aromatic amines is 1. The van der Waals surface area contributed by atoms with E-state index in [1.54, 1.807) is 18.2 Å². The van der Waals surface area contributed by atoms with Crippen molar-refractivity contribution in [2.45, 2.75) is 13.3 Å². The maximum atomic E-state index is 14.2. The molecule has 0 bridgehead atoms. The maximum absolute atomic E-state index is 14.2. The van der Waals surface area contributed by atoms with Crippen molar-refractivity contribution < 1.29 is 14.0 Å². The molecule has 6 nitrogen and oxygen atoms in total. The van der Waals surface area contributed by atoms with E-state index in [1.807, 2.05) is 25.1 Å². The Morgan fingerprint density at radius 1 is 1.31 bits per heavy atom. The van der Waals surface area contributed by atoms with Crippen LogP contribution >= 0.6 is 0 Å². The fourth-order valence-corrected chi connectivity index (χ4v) is 3.26. The summed E-state index contributed by atoms with van der Waals surface area (Å²) >= 11 is 0. The lowest BCUT2D eigenvalue weighted by Gasteiger charge is -2.14. The van der Waals surface area contributed by atoms with Crippen LogP contribution in [0.25, 0.3) is 10.9 Å². The standard InChI is InChI=1S/C19H17FN4O2/c1-11-4-2-5-13(8-11)21-19(26)12-9-16(25)24(10-12)18-17-14(20)6-3-7-15(17)22-23-18/h2-8,12H,9-10H2,1H3,(H,21,26)(H,22,23). The van der Waals surface area contributed by atoms with Gasteiger partial charge in [-0.15, -0.1) is 0 Å². The van der Waals surface area contributed by atoms with E-state index in [4.69, 9.17) is 0 Å². The molecule has 2 heterocycles. The smallest absolute Gasteiger partial charge is 0.229 e. The zero-order valence-electron chi connectivity index (χ0n) is 14.1. The molecule has 1 atom stereocenters. The van der Waals surface area contributed by atoms with Crippen molar-refractivity contribution in [3.05, 3.63) is 53.8 Å². The Kier molecular flexibility index (Phi) is 3.91. The molecule has 1 aliphatic rings. The third kappa shape index (κ3) is 2.81. The Balaban J connectivity index is 1.56. The van der Waals surface area contributed by atoms with Crippen LogP contribution in [0.1, 0.15) is 12.0 Å². The van der Waals surface area contributed by atoms with Crippen molar-refractivity contribution in [1.29, 1.82) is 0 Å². The van der Waals surface area contributed by atoms with Gasteiger partial charge in [0.2, 0.25) is 11.8 Å². The van der Waals surface area contributed by atoms with Gasteiger partial charge >= 0.3 is 0 Å². The Bertz CT molecular complexity index is 1010. The predicted octanol–water partition coefficient (Wildman–Crippen LogP) is 3.00. The first-order chi connectivity index (χ1) is 12.5. The number of carbonyl (C=O) groups excluding carboxylic acids is 2. The fraction of sp³-hybridized carbons (Fsp3) is 0.211. The van der Waals surface area contributed by atoms with Gasteiger partial charge in [0.05, 0.1) is 16.8 Å². The lowest BCUT2D eigenvalue weighted by atomic mass is 10.1. The lowest BCUT2D eigenvalue weighted by molar-refractivity contribution is -0.122. The summed E-state index contributed by atoms with van der Waals surface area (Å²) in [6.07, 6.45) is 0.0699. The highest BCUT2D eigenvalue weighted by atomic mass is 19.1. The number of benzene rings is 2. The number of fused-ring (bicyclic) bond motifs is 1. The van der Waals surface area contributed by atoms with Crippen LogP contribution in [0.4, 0.5) is 15.9 Å². The molecule has 2 amide bonds. The summed E-state index contributed by atoms with van der Waals surface area (Å²) in [6, 6.07) is 12.0. The number of aromatic nitrogens is 2. The molecule has 7 heteroatoms. The molecule has 0 spiro atoms. The van der Waals surface area contributed by atoms with Gasteiger partial charge < -0.3 is 5.32 Å². The number of carbonyl (C=O) groups is 2. The Labute approximate surface area is 149 Å². The van der Waals surface area contributed by atoms with Crippen LogP contribution in [0.3, 0.4) is 0 Å². The molecule has 1 aliphatic heterocycles. The zero-order chi connectivity index (χ0) is 18.3. The van der Waals surface area contributed by atoms with Crippen LogP contribution < -0.4 is 10.2 Å². The summed E-state index contributed by atoms with van der Waals surface area (Å²) in [5.74, 6) is -1.21. The van der Waals surface area contributed by atoms with Crippen molar-refractivity contribution in [1.82, 2.24) is 10.2 Å². The molecule has 1 saturated heterocycles. The number of H-pyrrole nitrogens is 1. The average molecular weight is 352 g/mol. The predicted molar refractivity (Wildman–Crippen MR) is 96.3 cm³/mol. The molecule has 2 aromatic carbocycles. The zero-order valence-corrected chi connectivity index (χ0v) is 14.1. The number of halogens is 1. The van der Waals surface area contributed by atoms with Crippen molar-refractivity contribution in [2.75, 3.05) is 16.8 Å². The number of amides is 2. The molecule has 1 unspecified atom stereocenters. The Morgan fingerprint density at radius 3 is 2.92 bits per heavy atom. The summed E-state index contributed by atoms with van der Waals surface area (Å²) in [6.45, 7) is 2.11. The first-order valence-corrected chi connectivity index (χ1v) is 8.33. The van der Waals surface area contributed by atoms with Crippen LogP contribution in [0, 0.1) is 18.7 Å². The van der Waals surface area contributed by atoms with Gasteiger partial charge in [-0.05, 0) is 36.8 Å². The number of rotatable bonds is 3. The molecule has 26 heavy (non-hydrogen) atoms. The minimum Gasteiger partial charge on any atom is -0.326 e. The first kappa shape index (κ1) is 16.3. The molecule has 3 aromatic rings. The first-order valence-electron chi connectivity index (χ1n) is 8.33. The van der Waals surface area contributed by atoms with E-state index in [-0.39, 0.29) is 36.0 Å². The number of aryl methyl sites for hydroxylation is 1. The molecule has 1 aromatic heterocycles. The van der Waals surface area contributed by atoms with Gasteiger partial charge in [0.25, 0.3) is 0 Å². The second kappa shape index (κ2) is 6.25. The van der Waals surface area contributed by atoms with E-state index in [9.17, 15) is 14.0 Å². The Hall–Kier alpha value is -3.22. The highest BCUT2D eigenvalue weighted by molar-refractivity contribution is 6.07. The Morgan fingerprint density at radius 2 is 2.12 bits per heavy atom. The van der Waals surface area contributed by atoms with Gasteiger partial charge in [-0.2, -0.15) is 5.10 Å². The molecule has 2 N–H and O–H groups in total. The van der Waals surface area contributed by atoms with E-state index in [2.05, 4.69) is 15.5 Å². The van der Waals surface area contributed by atoms with Crippen molar-refractivity contribution in [2.24, 2.45) is 5.92 Å². The van der Waals surface area contributed by atoms with Gasteiger partial charge in [0.1, 0.15) is 5.82 Å². The van der Waals surface area contributed by atoms with E-state index < -0.39 is 11.7 Å². The molecular weight excluding hydrogens is 335 g/mol. The molecule has 0 aliphatic carbocycles. The van der Waals surface area contributed by atoms with E-state index in [0.717, 1.165) is 5.56 Å². The van der Waals surface area contributed by atoms with Crippen LogP contribution in [0.15, 0.2) is 42.5 Å². The van der Waals surface area contributed by atoms with E-state index in [0.29, 0.717) is 11.2 Å². The highest BCUT2D eigenvalue weighted by Gasteiger charge is 2.37. The third-order valence-electron chi connectivity index (χ3n) is 4.56. The summed E-state index contributed by atoms with van der Waals surface area (Å²) in [5.41, 5.74) is 2.24. The number of nitrogens with one attached hydrogen (secondary N) is 2. The summed E-state index contributed by atoms with van der Waals surface area (Å²) in [5, 5.41) is 9.92. The summed E-state index contributed by atoms with van der Waals surface area (Å²) < 4.78 is 14.2. The van der Waals surface area contributed by atoms with Crippen LogP contribution in [-0.2, 0) is 9.59 Å². The van der Waals surface area contributed by atoms with Gasteiger partial charge in [-0.3, -0.25) is 19.6 Å². The monoisotopic (exact) mass is 352 g/mol. The molecule has 0 radical (unpaired) electrons. The molecule has 1 fully saturated rings. The van der Waals surface area contributed by atoms with Crippen LogP contribution in [0.5, 0.6) is 0 Å². The quantitative estimate of drug-likeness (QED) is 0.761. The number of nitrogens with zero attached hydrogens (tertiary/aromatic N) is 2. The maximum Gasteiger partial charge on any atom is 0.229 e. The highest BCUT2D eigenvalue weighted by Crippen LogP contribution is 2.31. The van der Waals surface area contributed by atoms with E-state index >= 15 is 0 Å². The minimum absolute atomic E-state index is 0.0699. The second-order valence-electron chi connectivity index (χ2n) is 6.47. The minimum atomic E-state index is -0.512. The molecule has 132 valence electrons. The van der Waals surface area contributed by atoms with Gasteiger partial charge in [0.15, 0.2) is 5.82 Å². The number of hydrogen-bond donors (Lipinski definition) is 2. The molecular formula is C19H17FN4O2. The van der Waals surface area contributed by atoms with Crippen LogP contribution in [-0.4, -0.2) is 28.6 Å². The fourth-order valence-electron chi connectivity index (χ4n) is 3.26. The van der Waals surface area contributed by atoms with E-state index in [1.165, 1.54) is 11.0 Å². The molecule has 0 saturated carbocycles. The SMILES string of the molecule is Cc1cccc(NC(=O)C2CC(=O)N(c3n[nH]c4cccc(F)c34)C2)c1. The van der Waals surface area contributed by atoms with Crippen LogP contribution in [0.2, 0.25) is 0 Å². The van der Waals surface area contributed by atoms with Gasteiger partial charge in [-0.25, -0.2) is 4.39 Å². The normalized spacial score (nSPS) is 17.1. The topological polar surface area (TPSA) is 78.1 Å². The summed E-state index contributed by atoms with van der Waals surface area (Å²) in [7, 11) is 0. The van der Waals surface area contributed by atoms with Crippen molar-refractivity contribution >= 4 is 34.2 Å². The molecule has 4 rings (SSSR count). The van der Waals surface area contributed by atoms with Gasteiger partial charge in [0, 0.05) is 18.7 Å². The summed E-state index contributed by atoms with van der Waals surface area (Å²) in [4.78, 5) is 26.3. The van der Waals surface area contributed by atoms with Gasteiger partial charge in [-0.1, -0.05) is 18.2 Å². The van der Waals surface area contributed by atoms with Crippen molar-refractivity contribution in [3.63, 3.8) is 0 Å². The lowest BCUT2D eigenvalue weighted by Crippen LogP contribution is -2.28. The number of anilines is 2.